The number of methoxy groups -OCH3 is 1. The first-order valence-electron chi connectivity index (χ1n) is 10.3. The van der Waals surface area contributed by atoms with E-state index in [9.17, 15) is 4.79 Å². The Balaban J connectivity index is 1.57. The predicted molar refractivity (Wildman–Crippen MR) is 130 cm³/mol. The molecule has 7 nitrogen and oxygen atoms in total. The molecule has 8 heteroatoms. The molecule has 1 N–H and O–H groups in total. The van der Waals surface area contributed by atoms with Gasteiger partial charge in [0, 0.05) is 0 Å². The van der Waals surface area contributed by atoms with Crippen molar-refractivity contribution in [2.75, 3.05) is 20.3 Å². The number of ether oxygens (including phenoxy) is 4. The zero-order valence-corrected chi connectivity index (χ0v) is 20.0. The molecule has 0 bridgehead atoms. The van der Waals surface area contributed by atoms with Gasteiger partial charge in [-0.1, -0.05) is 42.5 Å². The number of hydrogen-bond acceptors (Lipinski definition) is 6. The Morgan fingerprint density at radius 3 is 2.36 bits per heavy atom. The Kier molecular flexibility index (Phi) is 9.14. The number of benzene rings is 3. The van der Waals surface area contributed by atoms with Gasteiger partial charge in [0.1, 0.15) is 6.61 Å². The summed E-state index contributed by atoms with van der Waals surface area (Å²) in [6, 6.07) is 20.6. The van der Waals surface area contributed by atoms with Gasteiger partial charge in [-0.25, -0.2) is 5.43 Å². The summed E-state index contributed by atoms with van der Waals surface area (Å²) in [6.45, 7) is 2.60. The first kappa shape index (κ1) is 24.1. The molecule has 0 aliphatic carbocycles. The van der Waals surface area contributed by atoms with Crippen LogP contribution in [0.3, 0.4) is 0 Å². The SMILES string of the molecule is CCOc1ccccc1OCC(=O)N/N=C/c1cc(Br)c(OCc2ccccc2)c(OC)c1. The minimum atomic E-state index is -0.397. The zero-order valence-electron chi connectivity index (χ0n) is 18.4. The van der Waals surface area contributed by atoms with Crippen molar-refractivity contribution >= 4 is 28.1 Å². The molecule has 0 spiro atoms. The number of amides is 1. The topological polar surface area (TPSA) is 78.4 Å². The summed E-state index contributed by atoms with van der Waals surface area (Å²) in [5, 5.41) is 4.00. The molecule has 3 aromatic rings. The summed E-state index contributed by atoms with van der Waals surface area (Å²) in [4.78, 5) is 12.1. The van der Waals surface area contributed by atoms with Crippen LogP contribution in [0.5, 0.6) is 23.0 Å². The number of hydrogen-bond donors (Lipinski definition) is 1. The van der Waals surface area contributed by atoms with Crippen LogP contribution in [0.4, 0.5) is 0 Å². The zero-order chi connectivity index (χ0) is 23.5. The molecule has 3 aromatic carbocycles. The predicted octanol–water partition coefficient (Wildman–Crippen LogP) is 4.96. The summed E-state index contributed by atoms with van der Waals surface area (Å²) in [5.74, 6) is 1.82. The average molecular weight is 513 g/mol. The molecule has 0 saturated carbocycles. The number of carbonyl (C=O) groups is 1. The molecule has 3 rings (SSSR count). The fourth-order valence-corrected chi connectivity index (χ4v) is 3.46. The Morgan fingerprint density at radius 2 is 1.67 bits per heavy atom. The van der Waals surface area contributed by atoms with Gasteiger partial charge in [0.05, 0.1) is 24.4 Å². The minimum absolute atomic E-state index is 0.194. The lowest BCUT2D eigenvalue weighted by Crippen LogP contribution is -2.24. The van der Waals surface area contributed by atoms with Crippen molar-refractivity contribution < 1.29 is 23.7 Å². The van der Waals surface area contributed by atoms with Crippen LogP contribution < -0.4 is 24.4 Å². The molecule has 0 heterocycles. The monoisotopic (exact) mass is 512 g/mol. The molecule has 0 radical (unpaired) electrons. The van der Waals surface area contributed by atoms with Crippen molar-refractivity contribution in [2.45, 2.75) is 13.5 Å². The third-order valence-electron chi connectivity index (χ3n) is 4.39. The van der Waals surface area contributed by atoms with Gasteiger partial charge in [0.25, 0.3) is 5.91 Å². The fraction of sp³-hybridized carbons (Fsp3) is 0.200. The highest BCUT2D eigenvalue weighted by Gasteiger charge is 2.12. The Hall–Kier alpha value is -3.52. The van der Waals surface area contributed by atoms with E-state index >= 15 is 0 Å². The van der Waals surface area contributed by atoms with E-state index in [1.54, 1.807) is 25.3 Å². The molecule has 33 heavy (non-hydrogen) atoms. The molecule has 0 aliphatic rings. The van der Waals surface area contributed by atoms with Crippen LogP contribution in [0.25, 0.3) is 0 Å². The second-order valence-corrected chi connectivity index (χ2v) is 7.62. The number of para-hydroxylation sites is 2. The van der Waals surface area contributed by atoms with Gasteiger partial charge in [-0.2, -0.15) is 5.10 Å². The van der Waals surface area contributed by atoms with Gasteiger partial charge in [-0.3, -0.25) is 4.79 Å². The molecule has 0 aliphatic heterocycles. The van der Waals surface area contributed by atoms with E-state index in [0.29, 0.717) is 46.2 Å². The summed E-state index contributed by atoms with van der Waals surface area (Å²) >= 11 is 3.52. The van der Waals surface area contributed by atoms with Gasteiger partial charge in [-0.15, -0.1) is 0 Å². The maximum absolute atomic E-state index is 12.1. The molecule has 0 unspecified atom stereocenters. The Morgan fingerprint density at radius 1 is 0.970 bits per heavy atom. The second kappa shape index (κ2) is 12.5. The Bertz CT molecular complexity index is 1090. The molecule has 0 fully saturated rings. The molecular weight excluding hydrogens is 488 g/mol. The summed E-state index contributed by atoms with van der Waals surface area (Å²) in [6.07, 6.45) is 1.51. The van der Waals surface area contributed by atoms with E-state index in [1.807, 2.05) is 55.5 Å². The maximum Gasteiger partial charge on any atom is 0.277 e. The van der Waals surface area contributed by atoms with Crippen molar-refractivity contribution in [3.05, 3.63) is 82.3 Å². The number of nitrogens with zero attached hydrogens (tertiary/aromatic N) is 1. The quantitative estimate of drug-likeness (QED) is 0.290. The second-order valence-electron chi connectivity index (χ2n) is 6.77. The highest BCUT2D eigenvalue weighted by Crippen LogP contribution is 2.36. The first-order chi connectivity index (χ1) is 16.1. The van der Waals surface area contributed by atoms with E-state index < -0.39 is 5.91 Å². The normalized spacial score (nSPS) is 10.6. The maximum atomic E-state index is 12.1. The number of carbonyl (C=O) groups excluding carboxylic acids is 1. The highest BCUT2D eigenvalue weighted by molar-refractivity contribution is 9.10. The van der Waals surface area contributed by atoms with Crippen molar-refractivity contribution in [1.29, 1.82) is 0 Å². The number of rotatable bonds is 11. The van der Waals surface area contributed by atoms with Crippen molar-refractivity contribution in [3.8, 4) is 23.0 Å². The lowest BCUT2D eigenvalue weighted by molar-refractivity contribution is -0.123. The Labute approximate surface area is 201 Å². The first-order valence-corrected chi connectivity index (χ1v) is 11.1. The molecule has 0 atom stereocenters. The third kappa shape index (κ3) is 7.25. The third-order valence-corrected chi connectivity index (χ3v) is 4.98. The van der Waals surface area contributed by atoms with Gasteiger partial charge >= 0.3 is 0 Å². The van der Waals surface area contributed by atoms with Crippen molar-refractivity contribution in [2.24, 2.45) is 5.10 Å². The smallest absolute Gasteiger partial charge is 0.277 e. The van der Waals surface area contributed by atoms with E-state index in [2.05, 4.69) is 26.5 Å². The van der Waals surface area contributed by atoms with Crippen LogP contribution in [0, 0.1) is 0 Å². The molecule has 0 aromatic heterocycles. The molecule has 172 valence electrons. The van der Waals surface area contributed by atoms with Crippen LogP contribution in [-0.2, 0) is 11.4 Å². The molecule has 0 saturated heterocycles. The van der Waals surface area contributed by atoms with Crippen LogP contribution in [0.1, 0.15) is 18.1 Å². The van der Waals surface area contributed by atoms with E-state index in [1.165, 1.54) is 6.21 Å². The van der Waals surface area contributed by atoms with Crippen LogP contribution in [-0.4, -0.2) is 32.4 Å². The largest absolute Gasteiger partial charge is 0.493 e. The van der Waals surface area contributed by atoms with Crippen molar-refractivity contribution in [3.63, 3.8) is 0 Å². The van der Waals surface area contributed by atoms with Crippen LogP contribution in [0.2, 0.25) is 0 Å². The summed E-state index contributed by atoms with van der Waals surface area (Å²) in [5.41, 5.74) is 4.21. The molecular formula is C25H25BrN2O5. The fourth-order valence-electron chi connectivity index (χ4n) is 2.88. The van der Waals surface area contributed by atoms with E-state index in [4.69, 9.17) is 18.9 Å². The van der Waals surface area contributed by atoms with E-state index in [0.717, 1.165) is 5.56 Å². The van der Waals surface area contributed by atoms with Crippen LogP contribution >= 0.6 is 15.9 Å². The van der Waals surface area contributed by atoms with Gasteiger partial charge in [0.2, 0.25) is 0 Å². The van der Waals surface area contributed by atoms with Gasteiger partial charge in [0.15, 0.2) is 29.6 Å². The standard InChI is InChI=1S/C25H25BrN2O5/c1-3-31-21-11-7-8-12-22(21)32-17-24(29)28-27-15-19-13-20(26)25(23(14-19)30-2)33-16-18-9-5-4-6-10-18/h4-15H,3,16-17H2,1-2H3,(H,28,29)/b27-15+. The highest BCUT2D eigenvalue weighted by atomic mass is 79.9. The number of hydrazone groups is 1. The lowest BCUT2D eigenvalue weighted by atomic mass is 10.2. The van der Waals surface area contributed by atoms with Crippen LogP contribution in [0.15, 0.2) is 76.3 Å². The van der Waals surface area contributed by atoms with Crippen molar-refractivity contribution in [1.82, 2.24) is 5.43 Å². The number of nitrogens with one attached hydrogen (secondary N) is 1. The summed E-state index contributed by atoms with van der Waals surface area (Å²) in [7, 11) is 1.57. The number of halogens is 1. The van der Waals surface area contributed by atoms with Gasteiger partial charge < -0.3 is 18.9 Å². The lowest BCUT2D eigenvalue weighted by Gasteiger charge is -2.13. The summed E-state index contributed by atoms with van der Waals surface area (Å²) < 4.78 is 23.1. The van der Waals surface area contributed by atoms with E-state index in [-0.39, 0.29) is 6.61 Å². The molecule has 1 amide bonds. The van der Waals surface area contributed by atoms with Gasteiger partial charge in [-0.05, 0) is 58.2 Å². The minimum Gasteiger partial charge on any atom is -0.493 e. The average Bonchev–Trinajstić information content (AvgIpc) is 2.83.